The highest BCUT2D eigenvalue weighted by Gasteiger charge is 2.12. The SMILES string of the molecule is Cc1ccc(OCc2csc(C(=O)Nc3ccn(Cc4ccccc4C)n3)c2)cc1. The van der Waals surface area contributed by atoms with Crippen LogP contribution in [0.1, 0.15) is 31.9 Å². The third-order valence-electron chi connectivity index (χ3n) is 4.78. The number of ether oxygens (including phenoxy) is 1. The lowest BCUT2D eigenvalue weighted by Crippen LogP contribution is -2.11. The maximum Gasteiger partial charge on any atom is 0.266 e. The smallest absolute Gasteiger partial charge is 0.266 e. The molecular formula is C24H23N3O2S. The summed E-state index contributed by atoms with van der Waals surface area (Å²) in [4.78, 5) is 13.2. The highest BCUT2D eigenvalue weighted by atomic mass is 32.1. The minimum Gasteiger partial charge on any atom is -0.489 e. The number of nitrogens with zero attached hydrogens (tertiary/aromatic N) is 2. The quantitative estimate of drug-likeness (QED) is 0.436. The second-order valence-electron chi connectivity index (χ2n) is 7.20. The normalized spacial score (nSPS) is 10.7. The number of thiophene rings is 1. The zero-order valence-electron chi connectivity index (χ0n) is 17.0. The molecule has 2 aromatic carbocycles. The summed E-state index contributed by atoms with van der Waals surface area (Å²) in [5.41, 5.74) is 4.58. The molecule has 6 heteroatoms. The van der Waals surface area contributed by atoms with Gasteiger partial charge in [0, 0.05) is 17.8 Å². The molecule has 0 saturated carbocycles. The van der Waals surface area contributed by atoms with Crippen LogP contribution < -0.4 is 10.1 Å². The first-order valence-electron chi connectivity index (χ1n) is 9.73. The Labute approximate surface area is 179 Å². The molecule has 2 heterocycles. The van der Waals surface area contributed by atoms with Crippen molar-refractivity contribution in [2.24, 2.45) is 0 Å². The van der Waals surface area contributed by atoms with Crippen LogP contribution in [-0.4, -0.2) is 15.7 Å². The Morgan fingerprint density at radius 1 is 1.10 bits per heavy atom. The number of amides is 1. The number of aromatic nitrogens is 2. The van der Waals surface area contributed by atoms with Crippen LogP contribution in [0.2, 0.25) is 0 Å². The van der Waals surface area contributed by atoms with E-state index in [0.717, 1.165) is 11.3 Å². The molecule has 5 nitrogen and oxygen atoms in total. The van der Waals surface area contributed by atoms with Crippen LogP contribution in [0, 0.1) is 13.8 Å². The van der Waals surface area contributed by atoms with Crippen molar-refractivity contribution in [3.05, 3.63) is 99.4 Å². The maximum atomic E-state index is 12.6. The molecule has 0 spiro atoms. The Bertz CT molecular complexity index is 1150. The van der Waals surface area contributed by atoms with E-state index in [0.29, 0.717) is 23.8 Å². The van der Waals surface area contributed by atoms with Crippen molar-refractivity contribution in [3.8, 4) is 5.75 Å². The van der Waals surface area contributed by atoms with Gasteiger partial charge in [-0.3, -0.25) is 9.48 Å². The van der Waals surface area contributed by atoms with Crippen molar-refractivity contribution < 1.29 is 9.53 Å². The van der Waals surface area contributed by atoms with Gasteiger partial charge in [0.2, 0.25) is 0 Å². The molecule has 2 aromatic heterocycles. The molecule has 1 N–H and O–H groups in total. The maximum absolute atomic E-state index is 12.6. The van der Waals surface area contributed by atoms with Gasteiger partial charge in [0.15, 0.2) is 5.82 Å². The van der Waals surface area contributed by atoms with Crippen molar-refractivity contribution in [1.82, 2.24) is 9.78 Å². The second-order valence-corrected chi connectivity index (χ2v) is 8.11. The summed E-state index contributed by atoms with van der Waals surface area (Å²) in [6, 6.07) is 19.8. The van der Waals surface area contributed by atoms with Crippen LogP contribution in [0.3, 0.4) is 0 Å². The third kappa shape index (κ3) is 4.96. The van der Waals surface area contributed by atoms with Gasteiger partial charge in [0.25, 0.3) is 5.91 Å². The lowest BCUT2D eigenvalue weighted by molar-refractivity contribution is 0.103. The Hall–Kier alpha value is -3.38. The number of aryl methyl sites for hydroxylation is 2. The van der Waals surface area contributed by atoms with Crippen LogP contribution in [0.5, 0.6) is 5.75 Å². The molecule has 1 amide bonds. The molecule has 4 rings (SSSR count). The fourth-order valence-electron chi connectivity index (χ4n) is 3.03. The molecule has 0 saturated heterocycles. The van der Waals surface area contributed by atoms with Gasteiger partial charge in [-0.15, -0.1) is 11.3 Å². The van der Waals surface area contributed by atoms with Crippen LogP contribution in [0.25, 0.3) is 0 Å². The summed E-state index contributed by atoms with van der Waals surface area (Å²) in [7, 11) is 0. The Morgan fingerprint density at radius 3 is 2.70 bits per heavy atom. The van der Waals surface area contributed by atoms with Crippen molar-refractivity contribution >= 4 is 23.1 Å². The predicted octanol–water partition coefficient (Wildman–Crippen LogP) is 5.44. The fourth-order valence-corrected chi connectivity index (χ4v) is 3.82. The predicted molar refractivity (Wildman–Crippen MR) is 120 cm³/mol. The van der Waals surface area contributed by atoms with Crippen molar-refractivity contribution in [2.75, 3.05) is 5.32 Å². The van der Waals surface area contributed by atoms with Gasteiger partial charge >= 0.3 is 0 Å². The van der Waals surface area contributed by atoms with Crippen molar-refractivity contribution in [1.29, 1.82) is 0 Å². The van der Waals surface area contributed by atoms with E-state index in [2.05, 4.69) is 29.5 Å². The molecule has 0 bridgehead atoms. The molecule has 0 unspecified atom stereocenters. The standard InChI is InChI=1S/C24H23N3O2S/c1-17-7-9-21(10-8-17)29-15-19-13-22(30-16-19)24(28)25-23-11-12-27(26-23)14-20-6-4-3-5-18(20)2/h3-13,16H,14-15H2,1-2H3,(H,25,26,28). The number of benzene rings is 2. The summed E-state index contributed by atoms with van der Waals surface area (Å²) >= 11 is 1.40. The molecule has 0 atom stereocenters. The van der Waals surface area contributed by atoms with Crippen LogP contribution in [-0.2, 0) is 13.2 Å². The van der Waals surface area contributed by atoms with Gasteiger partial charge < -0.3 is 10.1 Å². The second kappa shape index (κ2) is 8.97. The van der Waals surface area contributed by atoms with Gasteiger partial charge in [-0.25, -0.2) is 0 Å². The van der Waals surface area contributed by atoms with E-state index < -0.39 is 0 Å². The number of anilines is 1. The van der Waals surface area contributed by atoms with Crippen molar-refractivity contribution in [3.63, 3.8) is 0 Å². The first-order valence-corrected chi connectivity index (χ1v) is 10.6. The molecule has 0 radical (unpaired) electrons. The summed E-state index contributed by atoms with van der Waals surface area (Å²) in [6.45, 7) is 5.22. The number of carbonyl (C=O) groups is 1. The average Bonchev–Trinajstić information content (AvgIpc) is 3.39. The molecule has 0 fully saturated rings. The van der Waals surface area contributed by atoms with Crippen LogP contribution in [0.4, 0.5) is 5.82 Å². The third-order valence-corrected chi connectivity index (χ3v) is 5.76. The van der Waals surface area contributed by atoms with Crippen LogP contribution >= 0.6 is 11.3 Å². The molecule has 0 aliphatic carbocycles. The zero-order chi connectivity index (χ0) is 20.9. The number of carbonyl (C=O) groups excluding carboxylic acids is 1. The molecule has 0 aliphatic rings. The van der Waals surface area contributed by atoms with E-state index in [1.807, 2.05) is 71.7 Å². The van der Waals surface area contributed by atoms with E-state index in [-0.39, 0.29) is 5.91 Å². The summed E-state index contributed by atoms with van der Waals surface area (Å²) < 4.78 is 7.61. The van der Waals surface area contributed by atoms with Gasteiger partial charge in [0.1, 0.15) is 12.4 Å². The highest BCUT2D eigenvalue weighted by molar-refractivity contribution is 7.12. The Morgan fingerprint density at radius 2 is 1.90 bits per heavy atom. The van der Waals surface area contributed by atoms with E-state index >= 15 is 0 Å². The summed E-state index contributed by atoms with van der Waals surface area (Å²) in [5, 5.41) is 9.28. The van der Waals surface area contributed by atoms with E-state index in [1.165, 1.54) is 28.0 Å². The van der Waals surface area contributed by atoms with Crippen molar-refractivity contribution in [2.45, 2.75) is 27.0 Å². The summed E-state index contributed by atoms with van der Waals surface area (Å²) in [5.74, 6) is 1.19. The molecule has 4 aromatic rings. The number of nitrogens with one attached hydrogen (secondary N) is 1. The lowest BCUT2D eigenvalue weighted by Gasteiger charge is -2.05. The van der Waals surface area contributed by atoms with Gasteiger partial charge in [-0.2, -0.15) is 5.10 Å². The number of hydrogen-bond acceptors (Lipinski definition) is 4. The molecule has 0 aliphatic heterocycles. The molecule has 152 valence electrons. The first kappa shape index (κ1) is 19.9. The monoisotopic (exact) mass is 417 g/mol. The minimum atomic E-state index is -0.164. The van der Waals surface area contributed by atoms with Gasteiger partial charge in [-0.05, 0) is 48.6 Å². The summed E-state index contributed by atoms with van der Waals surface area (Å²) in [6.07, 6.45) is 1.87. The number of hydrogen-bond donors (Lipinski definition) is 1. The van der Waals surface area contributed by atoms with E-state index in [9.17, 15) is 4.79 Å². The highest BCUT2D eigenvalue weighted by Crippen LogP contribution is 2.19. The molecular weight excluding hydrogens is 394 g/mol. The van der Waals surface area contributed by atoms with E-state index in [4.69, 9.17) is 4.74 Å². The number of rotatable bonds is 7. The minimum absolute atomic E-state index is 0.164. The largest absolute Gasteiger partial charge is 0.489 e. The van der Waals surface area contributed by atoms with Gasteiger partial charge in [-0.1, -0.05) is 42.0 Å². The zero-order valence-corrected chi connectivity index (χ0v) is 17.8. The van der Waals surface area contributed by atoms with Crippen LogP contribution in [0.15, 0.2) is 72.2 Å². The van der Waals surface area contributed by atoms with E-state index in [1.54, 1.807) is 0 Å². The molecule has 30 heavy (non-hydrogen) atoms. The lowest BCUT2D eigenvalue weighted by atomic mass is 10.1. The Balaban J connectivity index is 1.34. The average molecular weight is 418 g/mol. The Kier molecular flexibility index (Phi) is 5.95. The topological polar surface area (TPSA) is 56.1 Å². The first-order chi connectivity index (χ1) is 14.6. The van der Waals surface area contributed by atoms with Gasteiger partial charge in [0.05, 0.1) is 11.4 Å². The fraction of sp³-hybridized carbons (Fsp3) is 0.167.